The Labute approximate surface area is 122 Å². The van der Waals surface area contributed by atoms with E-state index in [1.54, 1.807) is 7.05 Å². The molecular weight excluding hydrogens is 274 g/mol. The molecule has 0 saturated carbocycles. The van der Waals surface area contributed by atoms with Gasteiger partial charge in [0.15, 0.2) is 0 Å². The highest BCUT2D eigenvalue weighted by molar-refractivity contribution is 5.84. The van der Waals surface area contributed by atoms with Crippen molar-refractivity contribution in [1.82, 2.24) is 20.4 Å². The predicted octanol–water partition coefficient (Wildman–Crippen LogP) is -0.443. The van der Waals surface area contributed by atoms with Gasteiger partial charge in [0.25, 0.3) is 5.56 Å². The fraction of sp³-hybridized carbons (Fsp3) is 0.538. The van der Waals surface area contributed by atoms with E-state index in [9.17, 15) is 14.4 Å². The molecule has 0 atom stereocenters. The molecule has 0 aliphatic carbocycles. The fourth-order valence-electron chi connectivity index (χ4n) is 1.71. The van der Waals surface area contributed by atoms with Gasteiger partial charge in [-0.25, -0.2) is 5.10 Å². The molecule has 1 heterocycles. The zero-order chi connectivity index (χ0) is 15.7. The number of anilines is 1. The van der Waals surface area contributed by atoms with Gasteiger partial charge in [-0.3, -0.25) is 14.4 Å². The maximum absolute atomic E-state index is 12.1. The molecule has 21 heavy (non-hydrogen) atoms. The Bertz CT molecular complexity index is 508. The summed E-state index contributed by atoms with van der Waals surface area (Å²) >= 11 is 0. The fourth-order valence-corrected chi connectivity index (χ4v) is 1.71. The van der Waals surface area contributed by atoms with Crippen LogP contribution >= 0.6 is 0 Å². The van der Waals surface area contributed by atoms with Gasteiger partial charge in [-0.05, 0) is 12.5 Å². The van der Waals surface area contributed by atoms with E-state index in [2.05, 4.69) is 20.8 Å². The molecule has 0 aliphatic rings. The molecule has 0 spiro atoms. The second-order valence-corrected chi connectivity index (χ2v) is 4.47. The minimum atomic E-state index is -0.281. The summed E-state index contributed by atoms with van der Waals surface area (Å²) in [5.74, 6) is 0.208. The number of nitrogens with zero attached hydrogens (tertiary/aromatic N) is 2. The lowest BCUT2D eigenvalue weighted by Gasteiger charge is -2.21. The van der Waals surface area contributed by atoms with Crippen LogP contribution in [0, 0.1) is 0 Å². The first-order valence-electron chi connectivity index (χ1n) is 6.84. The van der Waals surface area contributed by atoms with Crippen LogP contribution in [0.25, 0.3) is 0 Å². The van der Waals surface area contributed by atoms with Crippen molar-refractivity contribution in [3.05, 3.63) is 22.5 Å². The number of hydrogen-bond acceptors (Lipinski definition) is 5. The van der Waals surface area contributed by atoms with Gasteiger partial charge in [0.2, 0.25) is 11.8 Å². The van der Waals surface area contributed by atoms with Gasteiger partial charge in [-0.1, -0.05) is 6.92 Å². The Hall–Kier alpha value is -2.38. The molecular formula is C13H21N5O3. The van der Waals surface area contributed by atoms with Crippen LogP contribution in [0.2, 0.25) is 0 Å². The Kier molecular flexibility index (Phi) is 6.93. The molecule has 116 valence electrons. The van der Waals surface area contributed by atoms with E-state index in [0.717, 1.165) is 6.42 Å². The van der Waals surface area contributed by atoms with E-state index in [0.29, 0.717) is 18.9 Å². The van der Waals surface area contributed by atoms with Crippen molar-refractivity contribution in [2.24, 2.45) is 0 Å². The number of nitrogens with one attached hydrogen (secondary N) is 3. The average Bonchev–Trinajstić information content (AvgIpc) is 2.48. The minimum absolute atomic E-state index is 0.0695. The van der Waals surface area contributed by atoms with Crippen LogP contribution < -0.4 is 16.2 Å². The summed E-state index contributed by atoms with van der Waals surface area (Å²) < 4.78 is 0. The SMILES string of the molecule is CCCN(CC(=O)NC)C(=O)CCNc1ccc(=O)[nH]n1. The highest BCUT2D eigenvalue weighted by Gasteiger charge is 2.15. The molecule has 8 nitrogen and oxygen atoms in total. The summed E-state index contributed by atoms with van der Waals surface area (Å²) in [5, 5.41) is 11.5. The van der Waals surface area contributed by atoms with Gasteiger partial charge in [0.05, 0.1) is 6.54 Å². The van der Waals surface area contributed by atoms with E-state index >= 15 is 0 Å². The van der Waals surface area contributed by atoms with Crippen molar-refractivity contribution in [1.29, 1.82) is 0 Å². The molecule has 0 aliphatic heterocycles. The van der Waals surface area contributed by atoms with E-state index in [4.69, 9.17) is 0 Å². The van der Waals surface area contributed by atoms with E-state index in [1.165, 1.54) is 17.0 Å². The largest absolute Gasteiger partial charge is 0.368 e. The van der Waals surface area contributed by atoms with Crippen molar-refractivity contribution in [2.45, 2.75) is 19.8 Å². The second-order valence-electron chi connectivity index (χ2n) is 4.47. The highest BCUT2D eigenvalue weighted by Crippen LogP contribution is 2.00. The number of rotatable bonds is 8. The van der Waals surface area contributed by atoms with Gasteiger partial charge < -0.3 is 15.5 Å². The van der Waals surface area contributed by atoms with Crippen molar-refractivity contribution in [3.63, 3.8) is 0 Å². The lowest BCUT2D eigenvalue weighted by molar-refractivity contribution is -0.135. The molecule has 0 fully saturated rings. The quantitative estimate of drug-likeness (QED) is 0.602. The summed E-state index contributed by atoms with van der Waals surface area (Å²) in [6.45, 7) is 2.95. The molecule has 3 N–H and O–H groups in total. The van der Waals surface area contributed by atoms with Gasteiger partial charge >= 0.3 is 0 Å². The summed E-state index contributed by atoms with van der Waals surface area (Å²) in [6.07, 6.45) is 1.04. The number of aromatic nitrogens is 2. The molecule has 0 saturated heterocycles. The Morgan fingerprint density at radius 2 is 2.14 bits per heavy atom. The van der Waals surface area contributed by atoms with Crippen molar-refractivity contribution < 1.29 is 9.59 Å². The molecule has 0 radical (unpaired) electrons. The number of amides is 2. The zero-order valence-corrected chi connectivity index (χ0v) is 12.3. The molecule has 0 unspecified atom stereocenters. The first-order valence-corrected chi connectivity index (χ1v) is 6.84. The molecule has 1 aromatic heterocycles. The molecule has 0 aromatic carbocycles. The van der Waals surface area contributed by atoms with Crippen LogP contribution in [0.4, 0.5) is 5.82 Å². The number of hydrogen-bond donors (Lipinski definition) is 3. The number of likely N-dealkylation sites (N-methyl/N-ethyl adjacent to an activating group) is 1. The molecule has 8 heteroatoms. The molecule has 1 rings (SSSR count). The molecule has 2 amide bonds. The zero-order valence-electron chi connectivity index (χ0n) is 12.3. The van der Waals surface area contributed by atoms with Crippen molar-refractivity contribution in [2.75, 3.05) is 32.0 Å². The first-order chi connectivity index (χ1) is 10.1. The van der Waals surface area contributed by atoms with Crippen LogP contribution in [0.3, 0.4) is 0 Å². The number of carbonyl (C=O) groups excluding carboxylic acids is 2. The third-order valence-corrected chi connectivity index (χ3v) is 2.78. The lowest BCUT2D eigenvalue weighted by Crippen LogP contribution is -2.40. The number of carbonyl (C=O) groups is 2. The van der Waals surface area contributed by atoms with E-state index in [-0.39, 0.29) is 30.3 Å². The Balaban J connectivity index is 2.43. The number of aromatic amines is 1. The van der Waals surface area contributed by atoms with Crippen LogP contribution in [0.1, 0.15) is 19.8 Å². The van der Waals surface area contributed by atoms with Crippen molar-refractivity contribution >= 4 is 17.6 Å². The van der Waals surface area contributed by atoms with Crippen LogP contribution in [0.15, 0.2) is 16.9 Å². The highest BCUT2D eigenvalue weighted by atomic mass is 16.2. The number of H-pyrrole nitrogens is 1. The smallest absolute Gasteiger partial charge is 0.264 e. The maximum atomic E-state index is 12.1. The summed E-state index contributed by atoms with van der Waals surface area (Å²) in [7, 11) is 1.54. The summed E-state index contributed by atoms with van der Waals surface area (Å²) in [5.41, 5.74) is -0.281. The van der Waals surface area contributed by atoms with Crippen LogP contribution in [0.5, 0.6) is 0 Å². The van der Waals surface area contributed by atoms with Gasteiger partial charge in [0.1, 0.15) is 5.82 Å². The second kappa shape index (κ2) is 8.72. The molecule has 0 bridgehead atoms. The van der Waals surface area contributed by atoms with E-state index in [1.807, 2.05) is 6.92 Å². The third-order valence-electron chi connectivity index (χ3n) is 2.78. The lowest BCUT2D eigenvalue weighted by atomic mass is 10.3. The summed E-state index contributed by atoms with van der Waals surface area (Å²) in [4.78, 5) is 35.8. The van der Waals surface area contributed by atoms with Gasteiger partial charge in [-0.2, -0.15) is 5.10 Å². The minimum Gasteiger partial charge on any atom is -0.368 e. The first kappa shape index (κ1) is 16.7. The third kappa shape index (κ3) is 6.07. The van der Waals surface area contributed by atoms with Gasteiger partial charge in [-0.15, -0.1) is 0 Å². The van der Waals surface area contributed by atoms with Crippen LogP contribution in [-0.4, -0.2) is 53.6 Å². The average molecular weight is 295 g/mol. The topological polar surface area (TPSA) is 107 Å². The Morgan fingerprint density at radius 1 is 1.38 bits per heavy atom. The normalized spacial score (nSPS) is 10.0. The van der Waals surface area contributed by atoms with Gasteiger partial charge in [0, 0.05) is 32.6 Å². The van der Waals surface area contributed by atoms with Crippen molar-refractivity contribution in [3.8, 4) is 0 Å². The monoisotopic (exact) mass is 295 g/mol. The molecule has 1 aromatic rings. The maximum Gasteiger partial charge on any atom is 0.264 e. The predicted molar refractivity (Wildman–Crippen MR) is 78.9 cm³/mol. The Morgan fingerprint density at radius 3 is 2.71 bits per heavy atom. The standard InChI is InChI=1S/C13H21N5O3/c1-3-8-18(9-12(20)14-2)13(21)6-7-15-10-4-5-11(19)17-16-10/h4-5H,3,6-9H2,1-2H3,(H,14,20)(H,15,16)(H,17,19). The van der Waals surface area contributed by atoms with E-state index < -0.39 is 0 Å². The summed E-state index contributed by atoms with van der Waals surface area (Å²) in [6, 6.07) is 2.89. The van der Waals surface area contributed by atoms with Crippen LogP contribution in [-0.2, 0) is 9.59 Å².